The predicted octanol–water partition coefficient (Wildman–Crippen LogP) is 0.166. The summed E-state index contributed by atoms with van der Waals surface area (Å²) < 4.78 is 1.63. The van der Waals surface area contributed by atoms with Crippen LogP contribution in [0.2, 0.25) is 0 Å². The standard InChI is InChI=1S/C11H14N2O5/c1-2-13-5-3-4-8(13)10(16)12-7(11(17)18)6-9(14)15/h3-5,7H,2,6H2,1H3,(H,12,16)(H,14,15)(H,17,18)/t7-/m1/s1. The van der Waals surface area contributed by atoms with E-state index in [2.05, 4.69) is 5.32 Å². The number of amides is 1. The van der Waals surface area contributed by atoms with Gasteiger partial charge in [-0.05, 0) is 19.1 Å². The van der Waals surface area contributed by atoms with Gasteiger partial charge in [-0.3, -0.25) is 9.59 Å². The third-order valence-corrected chi connectivity index (χ3v) is 2.39. The number of nitrogens with one attached hydrogen (secondary N) is 1. The van der Waals surface area contributed by atoms with Gasteiger partial charge in [0.15, 0.2) is 0 Å². The Morgan fingerprint density at radius 3 is 2.56 bits per heavy atom. The van der Waals surface area contributed by atoms with Crippen molar-refractivity contribution in [3.05, 3.63) is 24.0 Å². The molecule has 0 radical (unpaired) electrons. The number of carbonyl (C=O) groups excluding carboxylic acids is 1. The first-order valence-electron chi connectivity index (χ1n) is 5.36. The smallest absolute Gasteiger partial charge is 0.326 e. The number of carboxylic acids is 2. The maximum atomic E-state index is 11.8. The van der Waals surface area contributed by atoms with E-state index in [0.717, 1.165) is 0 Å². The lowest BCUT2D eigenvalue weighted by atomic mass is 10.2. The highest BCUT2D eigenvalue weighted by molar-refractivity contribution is 5.96. The molecule has 0 saturated heterocycles. The number of carboxylic acid groups (broad SMARTS) is 2. The van der Waals surface area contributed by atoms with Crippen LogP contribution in [0.5, 0.6) is 0 Å². The Morgan fingerprint density at radius 1 is 1.39 bits per heavy atom. The lowest BCUT2D eigenvalue weighted by molar-refractivity contribution is -0.145. The van der Waals surface area contributed by atoms with E-state index >= 15 is 0 Å². The lowest BCUT2D eigenvalue weighted by Crippen LogP contribution is -2.42. The zero-order valence-electron chi connectivity index (χ0n) is 9.79. The Kier molecular flexibility index (Phi) is 4.47. The number of carbonyl (C=O) groups is 3. The van der Waals surface area contributed by atoms with Crippen LogP contribution in [0, 0.1) is 0 Å². The van der Waals surface area contributed by atoms with Crippen LogP contribution < -0.4 is 5.32 Å². The second-order valence-corrected chi connectivity index (χ2v) is 3.64. The van der Waals surface area contributed by atoms with Crippen molar-refractivity contribution < 1.29 is 24.6 Å². The molecule has 0 aliphatic rings. The number of hydrogen-bond donors (Lipinski definition) is 3. The molecule has 0 aliphatic carbocycles. The fourth-order valence-corrected chi connectivity index (χ4v) is 1.50. The van der Waals surface area contributed by atoms with Crippen molar-refractivity contribution in [3.8, 4) is 0 Å². The molecule has 1 atom stereocenters. The summed E-state index contributed by atoms with van der Waals surface area (Å²) in [7, 11) is 0. The summed E-state index contributed by atoms with van der Waals surface area (Å²) in [5.41, 5.74) is 0.300. The Balaban J connectivity index is 2.78. The molecule has 1 amide bonds. The van der Waals surface area contributed by atoms with Gasteiger partial charge in [0.2, 0.25) is 0 Å². The summed E-state index contributed by atoms with van der Waals surface area (Å²) in [6.07, 6.45) is 1.02. The highest BCUT2D eigenvalue weighted by Crippen LogP contribution is 2.03. The normalized spacial score (nSPS) is 11.8. The molecule has 1 rings (SSSR count). The van der Waals surface area contributed by atoms with Gasteiger partial charge >= 0.3 is 11.9 Å². The molecule has 0 unspecified atom stereocenters. The van der Waals surface area contributed by atoms with Gasteiger partial charge in [0.25, 0.3) is 5.91 Å². The third kappa shape index (κ3) is 3.34. The Morgan fingerprint density at radius 2 is 2.06 bits per heavy atom. The minimum Gasteiger partial charge on any atom is -0.481 e. The van der Waals surface area contributed by atoms with Gasteiger partial charge in [-0.1, -0.05) is 0 Å². The van der Waals surface area contributed by atoms with Crippen molar-refractivity contribution in [2.24, 2.45) is 0 Å². The van der Waals surface area contributed by atoms with Crippen molar-refractivity contribution >= 4 is 17.8 Å². The van der Waals surface area contributed by atoms with Gasteiger partial charge in [0.1, 0.15) is 11.7 Å². The highest BCUT2D eigenvalue weighted by atomic mass is 16.4. The van der Waals surface area contributed by atoms with Crippen LogP contribution in [0.25, 0.3) is 0 Å². The Labute approximate surface area is 103 Å². The molecule has 1 aromatic rings. The average Bonchev–Trinajstić information content (AvgIpc) is 2.75. The molecule has 0 spiro atoms. The molecule has 18 heavy (non-hydrogen) atoms. The van der Waals surface area contributed by atoms with Gasteiger partial charge < -0.3 is 20.1 Å². The van der Waals surface area contributed by atoms with Gasteiger partial charge in [-0.2, -0.15) is 0 Å². The van der Waals surface area contributed by atoms with Crippen molar-refractivity contribution in [2.45, 2.75) is 25.9 Å². The minimum absolute atomic E-state index is 0.300. The van der Waals surface area contributed by atoms with E-state index in [4.69, 9.17) is 10.2 Å². The molecule has 1 aromatic heterocycles. The molecule has 0 fully saturated rings. The molecule has 0 aliphatic heterocycles. The minimum atomic E-state index is -1.43. The molecule has 1 heterocycles. The zero-order valence-corrected chi connectivity index (χ0v) is 9.79. The number of nitrogens with zero attached hydrogens (tertiary/aromatic N) is 1. The monoisotopic (exact) mass is 254 g/mol. The number of aryl methyl sites for hydroxylation is 1. The van der Waals surface area contributed by atoms with E-state index in [1.165, 1.54) is 0 Å². The number of aliphatic carboxylic acids is 2. The molecule has 7 heteroatoms. The number of aromatic nitrogens is 1. The van der Waals surface area contributed by atoms with Gasteiger partial charge in [-0.15, -0.1) is 0 Å². The van der Waals surface area contributed by atoms with E-state index in [9.17, 15) is 14.4 Å². The van der Waals surface area contributed by atoms with E-state index in [1.54, 1.807) is 22.9 Å². The quantitative estimate of drug-likeness (QED) is 0.670. The predicted molar refractivity (Wildman–Crippen MR) is 61.2 cm³/mol. The summed E-state index contributed by atoms with van der Waals surface area (Å²) in [5, 5.41) is 19.6. The first-order chi connectivity index (χ1) is 8.45. The highest BCUT2D eigenvalue weighted by Gasteiger charge is 2.24. The fourth-order valence-electron chi connectivity index (χ4n) is 1.50. The molecule has 7 nitrogen and oxygen atoms in total. The SMILES string of the molecule is CCn1cccc1C(=O)N[C@H](CC(=O)O)C(=O)O. The zero-order chi connectivity index (χ0) is 13.7. The van der Waals surface area contributed by atoms with Crippen molar-refractivity contribution in [1.29, 1.82) is 0 Å². The summed E-state index contributed by atoms with van der Waals surface area (Å²) in [6, 6.07) is 1.76. The average molecular weight is 254 g/mol. The summed E-state index contributed by atoms with van der Waals surface area (Å²) >= 11 is 0. The number of rotatable bonds is 6. The van der Waals surface area contributed by atoms with Crippen LogP contribution in [0.4, 0.5) is 0 Å². The van der Waals surface area contributed by atoms with E-state index in [1.807, 2.05) is 6.92 Å². The fraction of sp³-hybridized carbons (Fsp3) is 0.364. The Bertz CT molecular complexity index is 466. The van der Waals surface area contributed by atoms with E-state index < -0.39 is 30.3 Å². The summed E-state index contributed by atoms with van der Waals surface area (Å²) in [6.45, 7) is 2.40. The van der Waals surface area contributed by atoms with Gasteiger partial charge in [-0.25, -0.2) is 4.79 Å². The summed E-state index contributed by atoms with van der Waals surface area (Å²) in [5.74, 6) is -3.26. The van der Waals surface area contributed by atoms with E-state index in [0.29, 0.717) is 12.2 Å². The van der Waals surface area contributed by atoms with Crippen LogP contribution in [-0.4, -0.2) is 38.7 Å². The van der Waals surface area contributed by atoms with E-state index in [-0.39, 0.29) is 0 Å². The second-order valence-electron chi connectivity index (χ2n) is 3.64. The van der Waals surface area contributed by atoms with Crippen LogP contribution in [0.15, 0.2) is 18.3 Å². The molecule has 0 bridgehead atoms. The molecule has 0 aromatic carbocycles. The molecular weight excluding hydrogens is 240 g/mol. The largest absolute Gasteiger partial charge is 0.481 e. The summed E-state index contributed by atoms with van der Waals surface area (Å²) in [4.78, 5) is 33.1. The lowest BCUT2D eigenvalue weighted by Gasteiger charge is -2.13. The maximum absolute atomic E-state index is 11.8. The van der Waals surface area contributed by atoms with Crippen molar-refractivity contribution in [3.63, 3.8) is 0 Å². The molecule has 3 N–H and O–H groups in total. The molecule has 98 valence electrons. The van der Waals surface area contributed by atoms with Gasteiger partial charge in [0.05, 0.1) is 6.42 Å². The van der Waals surface area contributed by atoms with Crippen LogP contribution in [0.3, 0.4) is 0 Å². The molecular formula is C11H14N2O5. The van der Waals surface area contributed by atoms with Crippen molar-refractivity contribution in [1.82, 2.24) is 9.88 Å². The van der Waals surface area contributed by atoms with Crippen LogP contribution in [0.1, 0.15) is 23.8 Å². The third-order valence-electron chi connectivity index (χ3n) is 2.39. The van der Waals surface area contributed by atoms with Crippen molar-refractivity contribution in [2.75, 3.05) is 0 Å². The maximum Gasteiger partial charge on any atom is 0.326 e. The van der Waals surface area contributed by atoms with Crippen LogP contribution in [-0.2, 0) is 16.1 Å². The first kappa shape index (κ1) is 13.8. The number of hydrogen-bond acceptors (Lipinski definition) is 3. The second kappa shape index (κ2) is 5.85. The molecule has 0 saturated carbocycles. The van der Waals surface area contributed by atoms with Crippen LogP contribution >= 0.6 is 0 Å². The van der Waals surface area contributed by atoms with Gasteiger partial charge in [0, 0.05) is 12.7 Å². The topological polar surface area (TPSA) is 109 Å². The Hall–Kier alpha value is -2.31. The first-order valence-corrected chi connectivity index (χ1v) is 5.36.